The van der Waals surface area contributed by atoms with E-state index < -0.39 is 5.97 Å². The first kappa shape index (κ1) is 13.7. The molecule has 0 spiro atoms. The number of rotatable bonds is 8. The van der Waals surface area contributed by atoms with Crippen LogP contribution in [0.5, 0.6) is 0 Å². The standard InChI is InChI=1S/C13H17N3O2S/c17-13(18)6-2-1-4-11-10-16(15-14-11)8-7-12-5-3-9-19-12/h3,5,9-10H,1-2,4,6-8H2,(H,17,18). The number of carboxylic acid groups (broad SMARTS) is 1. The molecule has 2 aromatic rings. The Morgan fingerprint density at radius 2 is 2.26 bits per heavy atom. The van der Waals surface area contributed by atoms with Crippen molar-refractivity contribution in [3.05, 3.63) is 34.3 Å². The van der Waals surface area contributed by atoms with Crippen molar-refractivity contribution in [1.82, 2.24) is 15.0 Å². The fraction of sp³-hybridized carbons (Fsp3) is 0.462. The van der Waals surface area contributed by atoms with Gasteiger partial charge in [-0.05, 0) is 30.7 Å². The fourth-order valence-corrected chi connectivity index (χ4v) is 2.52. The second kappa shape index (κ2) is 7.04. The third-order valence-electron chi connectivity index (χ3n) is 2.83. The number of thiophene rings is 1. The first-order valence-corrected chi connectivity index (χ1v) is 7.25. The smallest absolute Gasteiger partial charge is 0.303 e. The van der Waals surface area contributed by atoms with E-state index in [1.165, 1.54) is 4.88 Å². The van der Waals surface area contributed by atoms with Crippen LogP contribution in [0.25, 0.3) is 0 Å². The molecule has 0 aliphatic carbocycles. The number of nitrogens with zero attached hydrogens (tertiary/aromatic N) is 3. The van der Waals surface area contributed by atoms with Gasteiger partial charge < -0.3 is 5.11 Å². The van der Waals surface area contributed by atoms with Gasteiger partial charge in [0, 0.05) is 30.5 Å². The van der Waals surface area contributed by atoms with Gasteiger partial charge in [0.2, 0.25) is 0 Å². The van der Waals surface area contributed by atoms with Crippen LogP contribution in [0.3, 0.4) is 0 Å². The van der Waals surface area contributed by atoms with Gasteiger partial charge in [-0.3, -0.25) is 9.48 Å². The van der Waals surface area contributed by atoms with Gasteiger partial charge in [0.05, 0.1) is 5.69 Å². The van der Waals surface area contributed by atoms with Gasteiger partial charge >= 0.3 is 5.97 Å². The molecule has 19 heavy (non-hydrogen) atoms. The monoisotopic (exact) mass is 279 g/mol. The molecule has 102 valence electrons. The number of carbonyl (C=O) groups is 1. The molecule has 2 heterocycles. The first-order valence-electron chi connectivity index (χ1n) is 6.37. The summed E-state index contributed by atoms with van der Waals surface area (Å²) in [5, 5.41) is 18.8. The van der Waals surface area contributed by atoms with Gasteiger partial charge in [-0.15, -0.1) is 16.4 Å². The highest BCUT2D eigenvalue weighted by Gasteiger charge is 2.03. The third-order valence-corrected chi connectivity index (χ3v) is 3.76. The van der Waals surface area contributed by atoms with Crippen LogP contribution in [0.2, 0.25) is 0 Å². The molecule has 0 amide bonds. The Bertz CT molecular complexity index is 508. The van der Waals surface area contributed by atoms with Crippen LogP contribution in [0.1, 0.15) is 29.8 Å². The van der Waals surface area contributed by atoms with Gasteiger partial charge in [0.1, 0.15) is 0 Å². The van der Waals surface area contributed by atoms with E-state index in [1.807, 2.05) is 10.9 Å². The number of hydrogen-bond acceptors (Lipinski definition) is 4. The summed E-state index contributed by atoms with van der Waals surface area (Å²) in [6.45, 7) is 0.836. The average Bonchev–Trinajstić information content (AvgIpc) is 3.03. The molecule has 0 saturated carbocycles. The van der Waals surface area contributed by atoms with Crippen LogP contribution in [0.15, 0.2) is 23.7 Å². The Morgan fingerprint density at radius 1 is 1.37 bits per heavy atom. The zero-order valence-electron chi connectivity index (χ0n) is 10.7. The molecule has 2 aromatic heterocycles. The minimum absolute atomic E-state index is 0.229. The Labute approximate surface area is 115 Å². The zero-order valence-corrected chi connectivity index (χ0v) is 11.5. The summed E-state index contributed by atoms with van der Waals surface area (Å²) in [5.74, 6) is -0.736. The minimum atomic E-state index is -0.736. The lowest BCUT2D eigenvalue weighted by Crippen LogP contribution is -2.00. The maximum Gasteiger partial charge on any atom is 0.303 e. The molecule has 5 nitrogen and oxygen atoms in total. The van der Waals surface area contributed by atoms with E-state index in [0.29, 0.717) is 6.42 Å². The molecule has 0 unspecified atom stereocenters. The van der Waals surface area contributed by atoms with Crippen molar-refractivity contribution in [3.8, 4) is 0 Å². The van der Waals surface area contributed by atoms with E-state index in [0.717, 1.165) is 31.5 Å². The molecule has 6 heteroatoms. The molecule has 0 aromatic carbocycles. The Morgan fingerprint density at radius 3 is 3.00 bits per heavy atom. The van der Waals surface area contributed by atoms with E-state index in [9.17, 15) is 4.79 Å². The Kier molecular flexibility index (Phi) is 5.09. The zero-order chi connectivity index (χ0) is 13.5. The summed E-state index contributed by atoms with van der Waals surface area (Å²) in [6.07, 6.45) is 5.49. The van der Waals surface area contributed by atoms with Crippen molar-refractivity contribution in [1.29, 1.82) is 0 Å². The Balaban J connectivity index is 1.71. The van der Waals surface area contributed by atoms with Crippen molar-refractivity contribution in [2.75, 3.05) is 0 Å². The van der Waals surface area contributed by atoms with Crippen LogP contribution >= 0.6 is 11.3 Å². The predicted octanol–water partition coefficient (Wildman–Crippen LogP) is 2.38. The number of aryl methyl sites for hydroxylation is 3. The predicted molar refractivity (Wildman–Crippen MR) is 73.2 cm³/mol. The highest BCUT2D eigenvalue weighted by Crippen LogP contribution is 2.10. The fourth-order valence-electron chi connectivity index (χ4n) is 1.82. The minimum Gasteiger partial charge on any atom is -0.481 e. The summed E-state index contributed by atoms with van der Waals surface area (Å²) in [7, 11) is 0. The van der Waals surface area contributed by atoms with Gasteiger partial charge in [0.25, 0.3) is 0 Å². The average molecular weight is 279 g/mol. The number of aliphatic carboxylic acids is 1. The molecule has 0 atom stereocenters. The van der Waals surface area contributed by atoms with Crippen molar-refractivity contribution in [3.63, 3.8) is 0 Å². The second-order valence-electron chi connectivity index (χ2n) is 4.40. The van der Waals surface area contributed by atoms with E-state index >= 15 is 0 Å². The number of unbranched alkanes of at least 4 members (excludes halogenated alkanes) is 1. The van der Waals surface area contributed by atoms with Gasteiger partial charge in [-0.2, -0.15) is 0 Å². The number of carboxylic acids is 1. The molecule has 0 radical (unpaired) electrons. The van der Waals surface area contributed by atoms with Crippen molar-refractivity contribution < 1.29 is 9.90 Å². The maximum absolute atomic E-state index is 10.4. The van der Waals surface area contributed by atoms with E-state index in [2.05, 4.69) is 27.8 Å². The van der Waals surface area contributed by atoms with E-state index in [-0.39, 0.29) is 6.42 Å². The van der Waals surface area contributed by atoms with Crippen molar-refractivity contribution >= 4 is 17.3 Å². The lowest BCUT2D eigenvalue weighted by molar-refractivity contribution is -0.137. The Hall–Kier alpha value is -1.69. The normalized spacial score (nSPS) is 10.7. The van der Waals surface area contributed by atoms with Gasteiger partial charge in [0.15, 0.2) is 0 Å². The van der Waals surface area contributed by atoms with Crippen LogP contribution in [-0.2, 0) is 24.2 Å². The lowest BCUT2D eigenvalue weighted by atomic mass is 10.1. The van der Waals surface area contributed by atoms with Crippen LogP contribution in [0.4, 0.5) is 0 Å². The number of aromatic nitrogens is 3. The second-order valence-corrected chi connectivity index (χ2v) is 5.44. The number of hydrogen-bond donors (Lipinski definition) is 1. The summed E-state index contributed by atoms with van der Waals surface area (Å²) in [4.78, 5) is 11.7. The molecule has 0 aliphatic rings. The molecule has 0 saturated heterocycles. The SMILES string of the molecule is O=C(O)CCCCc1cn(CCc2cccs2)nn1. The highest BCUT2D eigenvalue weighted by atomic mass is 32.1. The highest BCUT2D eigenvalue weighted by molar-refractivity contribution is 7.09. The summed E-state index contributed by atoms with van der Waals surface area (Å²) < 4.78 is 1.85. The van der Waals surface area contributed by atoms with Crippen LogP contribution in [-0.4, -0.2) is 26.1 Å². The summed E-state index contributed by atoms with van der Waals surface area (Å²) in [5.41, 5.74) is 0.941. The molecule has 0 aliphatic heterocycles. The molecular formula is C13H17N3O2S. The first-order chi connectivity index (χ1) is 9.24. The molecule has 1 N–H and O–H groups in total. The molecule has 2 rings (SSSR count). The van der Waals surface area contributed by atoms with Crippen LogP contribution < -0.4 is 0 Å². The van der Waals surface area contributed by atoms with Gasteiger partial charge in [-0.25, -0.2) is 0 Å². The van der Waals surface area contributed by atoms with E-state index in [4.69, 9.17) is 5.11 Å². The van der Waals surface area contributed by atoms with Gasteiger partial charge in [-0.1, -0.05) is 11.3 Å². The largest absolute Gasteiger partial charge is 0.481 e. The van der Waals surface area contributed by atoms with Crippen molar-refractivity contribution in [2.24, 2.45) is 0 Å². The van der Waals surface area contributed by atoms with Crippen LogP contribution in [0, 0.1) is 0 Å². The van der Waals surface area contributed by atoms with Crippen molar-refractivity contribution in [2.45, 2.75) is 38.6 Å². The maximum atomic E-state index is 10.4. The lowest BCUT2D eigenvalue weighted by Gasteiger charge is -1.97. The molecule has 0 bridgehead atoms. The summed E-state index contributed by atoms with van der Waals surface area (Å²) >= 11 is 1.75. The third kappa shape index (κ3) is 4.82. The molecular weight excluding hydrogens is 262 g/mol. The quantitative estimate of drug-likeness (QED) is 0.753. The topological polar surface area (TPSA) is 68.0 Å². The molecule has 0 fully saturated rings. The van der Waals surface area contributed by atoms with E-state index in [1.54, 1.807) is 11.3 Å². The summed E-state index contributed by atoms with van der Waals surface area (Å²) in [6, 6.07) is 4.17.